The highest BCUT2D eigenvalue weighted by Crippen LogP contribution is 2.44. The third kappa shape index (κ3) is 4.89. The Hall–Kier alpha value is -3.57. The molecule has 9 nitrogen and oxygen atoms in total. The van der Waals surface area contributed by atoms with Gasteiger partial charge in [-0.2, -0.15) is 0 Å². The van der Waals surface area contributed by atoms with E-state index in [1.54, 1.807) is 30.3 Å². The monoisotopic (exact) mass is 667 g/mol. The van der Waals surface area contributed by atoms with Gasteiger partial charge in [0.15, 0.2) is 6.73 Å². The lowest BCUT2D eigenvalue weighted by Gasteiger charge is -2.37. The molecule has 4 unspecified atom stereocenters. The highest BCUT2D eigenvalue weighted by Gasteiger charge is 2.41. The van der Waals surface area contributed by atoms with E-state index >= 15 is 4.39 Å². The van der Waals surface area contributed by atoms with Gasteiger partial charge in [0.2, 0.25) is 0 Å². The molecule has 4 saturated heterocycles. The number of aromatic carboxylic acids is 1. The molecule has 4 atom stereocenters. The minimum absolute atomic E-state index is 0.0346. The van der Waals surface area contributed by atoms with Crippen LogP contribution >= 0.6 is 23.2 Å². The van der Waals surface area contributed by atoms with Gasteiger partial charge in [0, 0.05) is 22.4 Å². The average Bonchev–Trinajstić information content (AvgIpc) is 3.44. The van der Waals surface area contributed by atoms with Crippen LogP contribution < -0.4 is 14.5 Å². The number of hydrogen-bond acceptors (Lipinski definition) is 7. The molecule has 0 radical (unpaired) electrons. The number of nitrogens with zero attached hydrogens (tertiary/aromatic N) is 3. The molecule has 46 heavy (non-hydrogen) atoms. The minimum atomic E-state index is -1.19. The Bertz CT molecular complexity index is 1700. The van der Waals surface area contributed by atoms with Gasteiger partial charge in [-0.05, 0) is 49.9 Å². The number of carboxylic acid groups (broad SMARTS) is 1. The zero-order valence-electron chi connectivity index (χ0n) is 24.9. The van der Waals surface area contributed by atoms with Crippen LogP contribution in [-0.2, 0) is 16.0 Å². The van der Waals surface area contributed by atoms with Crippen molar-refractivity contribution < 1.29 is 33.3 Å². The molecule has 5 aliphatic heterocycles. The summed E-state index contributed by atoms with van der Waals surface area (Å²) in [5.74, 6) is -1.77. The van der Waals surface area contributed by atoms with E-state index in [-0.39, 0.29) is 70.1 Å². The molecule has 0 spiro atoms. The van der Waals surface area contributed by atoms with E-state index in [1.807, 2.05) is 6.07 Å². The Morgan fingerprint density at radius 1 is 0.826 bits per heavy atom. The number of morpholine rings is 2. The maximum absolute atomic E-state index is 15.7. The molecule has 12 heteroatoms. The lowest BCUT2D eigenvalue weighted by atomic mass is 9.96. The van der Waals surface area contributed by atoms with Gasteiger partial charge in [0.1, 0.15) is 11.6 Å². The Kier molecular flexibility index (Phi) is 7.51. The van der Waals surface area contributed by atoms with E-state index in [2.05, 4.69) is 9.80 Å². The molecule has 5 heterocycles. The average molecular weight is 669 g/mol. The minimum Gasteiger partial charge on any atom is -0.478 e. The summed E-state index contributed by atoms with van der Waals surface area (Å²) < 4.78 is 33.3. The van der Waals surface area contributed by atoms with Crippen LogP contribution in [0.25, 0.3) is 11.1 Å². The predicted octanol–water partition coefficient (Wildman–Crippen LogP) is 6.23. The number of halogens is 3. The second-order valence-electron chi connectivity index (χ2n) is 12.7. The number of benzene rings is 3. The third-order valence-corrected chi connectivity index (χ3v) is 10.6. The van der Waals surface area contributed by atoms with Crippen LogP contribution in [0, 0.1) is 5.82 Å². The molecule has 0 aliphatic carbocycles. The van der Waals surface area contributed by atoms with Crippen molar-refractivity contribution in [3.05, 3.63) is 75.0 Å². The highest BCUT2D eigenvalue weighted by atomic mass is 35.5. The molecule has 3 aromatic carbocycles. The van der Waals surface area contributed by atoms with E-state index in [1.165, 1.54) is 4.90 Å². The van der Waals surface area contributed by atoms with Gasteiger partial charge in [0.05, 0.1) is 84.0 Å². The fraction of sp³-hybridized carbons (Fsp3) is 0.412. The Labute approximate surface area is 275 Å². The van der Waals surface area contributed by atoms with Gasteiger partial charge in [-0.1, -0.05) is 41.4 Å². The van der Waals surface area contributed by atoms with Crippen molar-refractivity contribution in [2.45, 2.75) is 56.4 Å². The Balaban J connectivity index is 1.09. The summed E-state index contributed by atoms with van der Waals surface area (Å²) in [6, 6.07) is 12.3. The number of ether oxygens (including phenoxy) is 3. The smallest absolute Gasteiger partial charge is 0.337 e. The van der Waals surface area contributed by atoms with Crippen molar-refractivity contribution in [2.24, 2.45) is 0 Å². The molecular formula is C34H32Cl2FN3O6. The van der Waals surface area contributed by atoms with Gasteiger partial charge in [-0.25, -0.2) is 9.18 Å². The lowest BCUT2D eigenvalue weighted by molar-refractivity contribution is 0.0516. The van der Waals surface area contributed by atoms with Crippen LogP contribution in [0.5, 0.6) is 5.75 Å². The van der Waals surface area contributed by atoms with Crippen LogP contribution in [0.15, 0.2) is 42.5 Å². The number of rotatable bonds is 5. The first-order valence-corrected chi connectivity index (χ1v) is 16.4. The zero-order chi connectivity index (χ0) is 31.7. The molecule has 0 aromatic heterocycles. The number of fused-ring (bicyclic) bond motifs is 5. The molecule has 240 valence electrons. The van der Waals surface area contributed by atoms with Crippen molar-refractivity contribution in [2.75, 3.05) is 43.0 Å². The molecule has 4 fully saturated rings. The SMILES string of the molecule is O=C(O)c1cc(F)c(-c2cccc3c2OCN(C(=O)c2c(Cl)cc(N4C5CCC4COC5)cc2Cl)C3)cc1N1C2CCC1COC2. The molecular weight excluding hydrogens is 636 g/mol. The van der Waals surface area contributed by atoms with Crippen molar-refractivity contribution >= 4 is 46.5 Å². The normalized spacial score (nSPS) is 25.0. The summed E-state index contributed by atoms with van der Waals surface area (Å²) in [5.41, 5.74) is 2.89. The van der Waals surface area contributed by atoms with Crippen molar-refractivity contribution in [3.8, 4) is 16.9 Å². The fourth-order valence-electron chi connectivity index (χ4n) is 7.91. The lowest BCUT2D eigenvalue weighted by Crippen LogP contribution is -2.46. The number of para-hydroxylation sites is 1. The molecule has 4 bridgehead atoms. The number of amides is 1. The number of carboxylic acids is 1. The summed E-state index contributed by atoms with van der Waals surface area (Å²) in [6.45, 7) is 2.41. The van der Waals surface area contributed by atoms with Crippen LogP contribution in [0.2, 0.25) is 10.0 Å². The van der Waals surface area contributed by atoms with E-state index in [0.29, 0.717) is 49.0 Å². The van der Waals surface area contributed by atoms with Crippen LogP contribution in [0.4, 0.5) is 15.8 Å². The molecule has 0 saturated carbocycles. The van der Waals surface area contributed by atoms with E-state index in [9.17, 15) is 14.7 Å². The topological polar surface area (TPSA) is 91.8 Å². The van der Waals surface area contributed by atoms with Gasteiger partial charge in [-0.15, -0.1) is 0 Å². The molecule has 3 aromatic rings. The first-order chi connectivity index (χ1) is 22.3. The fourth-order valence-corrected chi connectivity index (χ4v) is 8.55. The molecule has 1 amide bonds. The van der Waals surface area contributed by atoms with Crippen LogP contribution in [0.1, 0.15) is 52.0 Å². The van der Waals surface area contributed by atoms with Gasteiger partial charge in [-0.3, -0.25) is 4.79 Å². The summed E-state index contributed by atoms with van der Waals surface area (Å²) in [6.07, 6.45) is 3.84. The highest BCUT2D eigenvalue weighted by molar-refractivity contribution is 6.40. The van der Waals surface area contributed by atoms with E-state index in [0.717, 1.165) is 37.4 Å². The van der Waals surface area contributed by atoms with Gasteiger partial charge in [0.25, 0.3) is 5.91 Å². The van der Waals surface area contributed by atoms with Crippen molar-refractivity contribution in [3.63, 3.8) is 0 Å². The zero-order valence-corrected chi connectivity index (χ0v) is 26.4. The summed E-state index contributed by atoms with van der Waals surface area (Å²) >= 11 is 13.4. The summed E-state index contributed by atoms with van der Waals surface area (Å²) in [5, 5.41) is 10.5. The molecule has 5 aliphatic rings. The second kappa shape index (κ2) is 11.6. The number of hydrogen-bond donors (Lipinski definition) is 1. The quantitative estimate of drug-likeness (QED) is 0.343. The van der Waals surface area contributed by atoms with Crippen molar-refractivity contribution in [1.29, 1.82) is 0 Å². The maximum Gasteiger partial charge on any atom is 0.337 e. The number of anilines is 2. The molecule has 8 rings (SSSR count). The van der Waals surface area contributed by atoms with Gasteiger partial charge >= 0.3 is 5.97 Å². The summed E-state index contributed by atoms with van der Waals surface area (Å²) in [4.78, 5) is 31.9. The van der Waals surface area contributed by atoms with Gasteiger partial charge < -0.3 is 34.0 Å². The standard InChI is InChI=1S/C34H32Cl2FN3O6/c35-27-8-23(39-19-4-5-20(39)14-44-13-19)9-28(36)31(27)33(41)38-12-18-2-1-3-24(32(18)46-17-38)25-11-30(26(34(42)43)10-29(25)37)40-21-6-7-22(40)16-45-15-21/h1-3,8-11,19-22H,4-7,12-17H2,(H,42,43). The first kappa shape index (κ1) is 29.8. The number of carbonyl (C=O) groups is 2. The first-order valence-electron chi connectivity index (χ1n) is 15.6. The third-order valence-electron chi connectivity index (χ3n) is 10.0. The van der Waals surface area contributed by atoms with E-state index < -0.39 is 11.8 Å². The van der Waals surface area contributed by atoms with Crippen molar-refractivity contribution in [1.82, 2.24) is 4.90 Å². The van der Waals surface area contributed by atoms with Crippen LogP contribution in [0.3, 0.4) is 0 Å². The van der Waals surface area contributed by atoms with Crippen LogP contribution in [-0.4, -0.2) is 79.2 Å². The largest absolute Gasteiger partial charge is 0.478 e. The number of carbonyl (C=O) groups excluding carboxylic acids is 1. The molecule has 1 N–H and O–H groups in total. The maximum atomic E-state index is 15.7. The second-order valence-corrected chi connectivity index (χ2v) is 13.5. The Morgan fingerprint density at radius 2 is 1.43 bits per heavy atom. The van der Waals surface area contributed by atoms with E-state index in [4.69, 9.17) is 37.4 Å². The summed E-state index contributed by atoms with van der Waals surface area (Å²) in [7, 11) is 0. The Morgan fingerprint density at radius 3 is 2.04 bits per heavy atom. The predicted molar refractivity (Wildman–Crippen MR) is 171 cm³/mol.